The second kappa shape index (κ2) is 12.4. The molecule has 0 heterocycles. The van der Waals surface area contributed by atoms with Gasteiger partial charge in [-0.05, 0) is 25.0 Å². The Kier molecular flexibility index (Phi) is 10.3. The van der Waals surface area contributed by atoms with Crippen LogP contribution in [0.4, 0.5) is 0 Å². The minimum Gasteiger partial charge on any atom is -0.469 e. The van der Waals surface area contributed by atoms with Crippen molar-refractivity contribution >= 4 is 29.5 Å². The van der Waals surface area contributed by atoms with E-state index in [1.807, 2.05) is 0 Å². The summed E-state index contributed by atoms with van der Waals surface area (Å²) in [5.74, 6) is -3.54. The summed E-state index contributed by atoms with van der Waals surface area (Å²) >= 11 is 0. The van der Waals surface area contributed by atoms with E-state index in [0.29, 0.717) is 0 Å². The maximum atomic E-state index is 12.5. The molecule has 0 aliphatic carbocycles. The molecule has 0 spiro atoms. The number of nitrogens with one attached hydrogen (secondary N) is 2. The first-order chi connectivity index (χ1) is 14.6. The topological polar surface area (TPSA) is 154 Å². The summed E-state index contributed by atoms with van der Waals surface area (Å²) in [5.41, 5.74) is 6.00. The lowest BCUT2D eigenvalue weighted by Gasteiger charge is -2.22. The van der Waals surface area contributed by atoms with Gasteiger partial charge < -0.3 is 25.8 Å². The molecule has 31 heavy (non-hydrogen) atoms. The van der Waals surface area contributed by atoms with Gasteiger partial charge in [0.1, 0.15) is 12.1 Å². The maximum absolute atomic E-state index is 12.5. The van der Waals surface area contributed by atoms with Crippen LogP contribution in [0.2, 0.25) is 0 Å². The molecular weight excluding hydrogens is 406 g/mol. The van der Waals surface area contributed by atoms with Gasteiger partial charge >= 0.3 is 11.9 Å². The molecule has 1 rings (SSSR count). The Morgan fingerprint density at radius 3 is 2.13 bits per heavy atom. The molecule has 0 saturated carbocycles. The maximum Gasteiger partial charge on any atom is 0.338 e. The highest BCUT2D eigenvalue weighted by atomic mass is 16.5. The van der Waals surface area contributed by atoms with E-state index in [0.717, 1.165) is 7.11 Å². The van der Waals surface area contributed by atoms with E-state index < -0.39 is 60.7 Å². The van der Waals surface area contributed by atoms with Crippen molar-refractivity contribution in [3.05, 3.63) is 35.9 Å². The number of hydrogen-bond donors (Lipinski definition) is 3. The average Bonchev–Trinajstić information content (AvgIpc) is 2.76. The van der Waals surface area contributed by atoms with Crippen LogP contribution in [-0.4, -0.2) is 61.4 Å². The van der Waals surface area contributed by atoms with Crippen molar-refractivity contribution in [2.75, 3.05) is 13.7 Å². The van der Waals surface area contributed by atoms with Crippen LogP contribution in [0.1, 0.15) is 37.6 Å². The number of benzene rings is 1. The van der Waals surface area contributed by atoms with E-state index in [1.54, 1.807) is 32.0 Å². The quantitative estimate of drug-likeness (QED) is 0.409. The highest BCUT2D eigenvalue weighted by molar-refractivity contribution is 5.97. The molecule has 170 valence electrons. The summed E-state index contributed by atoms with van der Waals surface area (Å²) < 4.78 is 9.53. The average molecular weight is 435 g/mol. The summed E-state index contributed by atoms with van der Waals surface area (Å²) in [7, 11) is 1.14. The van der Waals surface area contributed by atoms with Gasteiger partial charge in [-0.2, -0.15) is 0 Å². The molecule has 0 fully saturated rings. The lowest BCUT2D eigenvalue weighted by atomic mass is 10.0. The monoisotopic (exact) mass is 435 g/mol. The number of Topliss-reactive ketones (excluding diaryl/α,β-unsaturated/α-hetero) is 1. The van der Waals surface area contributed by atoms with Crippen LogP contribution in [0.5, 0.6) is 0 Å². The molecule has 10 nitrogen and oxygen atoms in total. The van der Waals surface area contributed by atoms with Crippen LogP contribution in [0.15, 0.2) is 30.3 Å². The Morgan fingerprint density at radius 1 is 0.968 bits per heavy atom. The molecule has 0 aliphatic rings. The van der Waals surface area contributed by atoms with Crippen molar-refractivity contribution in [1.29, 1.82) is 0 Å². The zero-order valence-corrected chi connectivity index (χ0v) is 18.0. The summed E-state index contributed by atoms with van der Waals surface area (Å²) in [6.45, 7) is 4.28. The van der Waals surface area contributed by atoms with Crippen molar-refractivity contribution in [3.8, 4) is 0 Å². The lowest BCUT2D eigenvalue weighted by molar-refractivity contribution is -0.144. The highest BCUT2D eigenvalue weighted by Crippen LogP contribution is 2.04. The molecule has 10 heteroatoms. The lowest BCUT2D eigenvalue weighted by Crippen LogP contribution is -2.54. The van der Waals surface area contributed by atoms with Gasteiger partial charge in [0.25, 0.3) is 0 Å². The number of methoxy groups -OCH3 is 1. The molecule has 3 atom stereocenters. The molecule has 0 aliphatic heterocycles. The Labute approximate surface area is 180 Å². The third-order valence-electron chi connectivity index (χ3n) is 4.43. The SMILES string of the molecule is COC(=O)CC(NC(=O)C(C)NC(=O)C(N)C(C)C)C(=O)COC(=O)c1ccccc1. The third-order valence-corrected chi connectivity index (χ3v) is 4.43. The molecule has 2 amide bonds. The number of carbonyl (C=O) groups excluding carboxylic acids is 5. The van der Waals surface area contributed by atoms with E-state index in [4.69, 9.17) is 10.5 Å². The highest BCUT2D eigenvalue weighted by Gasteiger charge is 2.28. The summed E-state index contributed by atoms with van der Waals surface area (Å²) in [4.78, 5) is 60.6. The molecule has 3 unspecified atom stereocenters. The largest absolute Gasteiger partial charge is 0.469 e. The molecule has 0 bridgehead atoms. The molecule has 1 aromatic rings. The fourth-order valence-corrected chi connectivity index (χ4v) is 2.36. The van der Waals surface area contributed by atoms with Crippen LogP contribution in [0.3, 0.4) is 0 Å². The second-order valence-electron chi connectivity index (χ2n) is 7.25. The standard InChI is InChI=1S/C21H29N3O7/c1-12(2)18(22)20(28)23-13(3)19(27)24-15(10-17(26)30-4)16(25)11-31-21(29)14-8-6-5-7-9-14/h5-9,12-13,15,18H,10-11,22H2,1-4H3,(H,23,28)(H,24,27). The first-order valence-corrected chi connectivity index (χ1v) is 9.74. The molecule has 4 N–H and O–H groups in total. The van der Waals surface area contributed by atoms with Crippen molar-refractivity contribution < 1.29 is 33.4 Å². The molecule has 0 aromatic heterocycles. The van der Waals surface area contributed by atoms with Gasteiger partial charge in [-0.15, -0.1) is 0 Å². The Morgan fingerprint density at radius 2 is 1.58 bits per heavy atom. The van der Waals surface area contributed by atoms with Crippen molar-refractivity contribution in [3.63, 3.8) is 0 Å². The number of ether oxygens (including phenoxy) is 2. The van der Waals surface area contributed by atoms with Gasteiger partial charge in [-0.3, -0.25) is 19.2 Å². The number of ketones is 1. The number of esters is 2. The number of amides is 2. The van der Waals surface area contributed by atoms with Crippen molar-refractivity contribution in [2.24, 2.45) is 11.7 Å². The Balaban J connectivity index is 2.75. The Bertz CT molecular complexity index is 795. The first-order valence-electron chi connectivity index (χ1n) is 9.74. The summed E-state index contributed by atoms with van der Waals surface area (Å²) in [6, 6.07) is 4.91. The van der Waals surface area contributed by atoms with Gasteiger partial charge in [0.05, 0.1) is 25.1 Å². The number of rotatable bonds is 11. The van der Waals surface area contributed by atoms with E-state index >= 15 is 0 Å². The van der Waals surface area contributed by atoms with Gasteiger partial charge in [0, 0.05) is 0 Å². The minimum absolute atomic E-state index is 0.136. The summed E-state index contributed by atoms with van der Waals surface area (Å²) in [5, 5.41) is 4.84. The molecular formula is C21H29N3O7. The van der Waals surface area contributed by atoms with Crippen LogP contribution in [-0.2, 0) is 28.7 Å². The van der Waals surface area contributed by atoms with Crippen LogP contribution >= 0.6 is 0 Å². The normalized spacial score (nSPS) is 13.5. The number of hydrogen-bond acceptors (Lipinski definition) is 8. The fraction of sp³-hybridized carbons (Fsp3) is 0.476. The number of nitrogens with two attached hydrogens (primary N) is 1. The van der Waals surface area contributed by atoms with Crippen LogP contribution in [0, 0.1) is 5.92 Å². The van der Waals surface area contributed by atoms with Crippen molar-refractivity contribution in [2.45, 2.75) is 45.3 Å². The van der Waals surface area contributed by atoms with Crippen molar-refractivity contribution in [1.82, 2.24) is 10.6 Å². The van der Waals surface area contributed by atoms with E-state index in [1.165, 1.54) is 19.1 Å². The number of carbonyl (C=O) groups is 5. The smallest absolute Gasteiger partial charge is 0.338 e. The van der Waals surface area contributed by atoms with Crippen LogP contribution in [0.25, 0.3) is 0 Å². The second-order valence-corrected chi connectivity index (χ2v) is 7.25. The zero-order chi connectivity index (χ0) is 23.6. The first kappa shape index (κ1) is 25.8. The third kappa shape index (κ3) is 8.55. The van der Waals surface area contributed by atoms with E-state index in [-0.39, 0.29) is 11.5 Å². The minimum atomic E-state index is -1.30. The fourth-order valence-electron chi connectivity index (χ4n) is 2.36. The summed E-state index contributed by atoms with van der Waals surface area (Å²) in [6.07, 6.45) is -0.462. The predicted octanol–water partition coefficient (Wildman–Crippen LogP) is -0.0516. The van der Waals surface area contributed by atoms with E-state index in [9.17, 15) is 24.0 Å². The molecule has 0 radical (unpaired) electrons. The van der Waals surface area contributed by atoms with Gasteiger partial charge in [-0.25, -0.2) is 4.79 Å². The van der Waals surface area contributed by atoms with Gasteiger partial charge in [-0.1, -0.05) is 32.0 Å². The molecule has 0 saturated heterocycles. The van der Waals surface area contributed by atoms with Gasteiger partial charge in [0.2, 0.25) is 11.8 Å². The zero-order valence-electron chi connectivity index (χ0n) is 18.0. The Hall–Kier alpha value is -3.27. The van der Waals surface area contributed by atoms with Crippen LogP contribution < -0.4 is 16.4 Å². The van der Waals surface area contributed by atoms with Gasteiger partial charge in [0.15, 0.2) is 12.4 Å². The molecule has 1 aromatic carbocycles. The predicted molar refractivity (Wildman–Crippen MR) is 111 cm³/mol. The van der Waals surface area contributed by atoms with E-state index in [2.05, 4.69) is 15.4 Å².